The maximum atomic E-state index is 12.1. The highest BCUT2D eigenvalue weighted by molar-refractivity contribution is 8.00. The summed E-state index contributed by atoms with van der Waals surface area (Å²) < 4.78 is 0. The minimum atomic E-state index is -0.651. The zero-order valence-electron chi connectivity index (χ0n) is 9.37. The van der Waals surface area contributed by atoms with E-state index in [-0.39, 0.29) is 17.2 Å². The number of azide groups is 1. The predicted molar refractivity (Wildman–Crippen MR) is 63.1 cm³/mol. The van der Waals surface area contributed by atoms with Crippen LogP contribution in [0.2, 0.25) is 0 Å². The van der Waals surface area contributed by atoms with E-state index < -0.39 is 12.1 Å². The first-order valence-corrected chi connectivity index (χ1v) is 6.43. The zero-order valence-corrected chi connectivity index (χ0v) is 10.2. The molecule has 2 rings (SSSR count). The second-order valence-corrected chi connectivity index (χ2v) is 5.17. The molecule has 0 aromatic heterocycles. The van der Waals surface area contributed by atoms with E-state index in [4.69, 9.17) is 5.53 Å². The molecule has 2 aliphatic heterocycles. The number of likely N-dealkylation sites (N-methyl/N-ethyl adjacent to an activating group) is 1. The molecule has 92 valence electrons. The lowest BCUT2D eigenvalue weighted by atomic mass is 10.0. The number of thioether (sulfide) groups is 1. The number of nitrogens with zero attached hydrogens (tertiary/aromatic N) is 4. The van der Waals surface area contributed by atoms with Crippen molar-refractivity contribution in [2.24, 2.45) is 5.11 Å². The number of amides is 2. The molecule has 0 bridgehead atoms. The van der Waals surface area contributed by atoms with Gasteiger partial charge in [0.2, 0.25) is 11.8 Å². The van der Waals surface area contributed by atoms with Crippen molar-refractivity contribution in [3.63, 3.8) is 0 Å². The van der Waals surface area contributed by atoms with Gasteiger partial charge < -0.3 is 10.2 Å². The van der Waals surface area contributed by atoms with Crippen molar-refractivity contribution < 1.29 is 9.59 Å². The normalized spacial score (nSPS) is 31.7. The van der Waals surface area contributed by atoms with Crippen LogP contribution in [0.15, 0.2) is 5.11 Å². The molecule has 3 atom stereocenters. The first kappa shape index (κ1) is 12.1. The Bertz CT molecular complexity index is 395. The maximum absolute atomic E-state index is 12.1. The number of hydrogen-bond acceptors (Lipinski definition) is 4. The monoisotopic (exact) mass is 255 g/mol. The summed E-state index contributed by atoms with van der Waals surface area (Å²) in [5, 5.41) is 6.10. The fourth-order valence-electron chi connectivity index (χ4n) is 2.22. The Morgan fingerprint density at radius 3 is 3.06 bits per heavy atom. The minimum absolute atomic E-state index is 0.0509. The average Bonchev–Trinajstić information content (AvgIpc) is 2.76. The van der Waals surface area contributed by atoms with Crippen LogP contribution in [0.25, 0.3) is 10.4 Å². The van der Waals surface area contributed by atoms with E-state index in [0.29, 0.717) is 12.2 Å². The molecule has 0 aromatic rings. The topological polar surface area (TPSA) is 98.2 Å². The molecule has 17 heavy (non-hydrogen) atoms. The van der Waals surface area contributed by atoms with Gasteiger partial charge in [-0.25, -0.2) is 0 Å². The Morgan fingerprint density at radius 1 is 1.65 bits per heavy atom. The molecule has 2 fully saturated rings. The molecule has 0 aliphatic carbocycles. The van der Waals surface area contributed by atoms with E-state index in [1.807, 2.05) is 0 Å². The van der Waals surface area contributed by atoms with Gasteiger partial charge in [-0.3, -0.25) is 9.59 Å². The van der Waals surface area contributed by atoms with Gasteiger partial charge in [-0.15, -0.1) is 11.8 Å². The molecule has 0 spiro atoms. The van der Waals surface area contributed by atoms with E-state index in [0.717, 1.165) is 6.42 Å². The molecular weight excluding hydrogens is 242 g/mol. The number of carbonyl (C=O) groups is 2. The molecule has 2 amide bonds. The number of nitrogens with one attached hydrogen (secondary N) is 1. The largest absolute Gasteiger partial charge is 0.357 e. The molecule has 7 nitrogen and oxygen atoms in total. The molecule has 2 heterocycles. The van der Waals surface area contributed by atoms with E-state index in [9.17, 15) is 9.59 Å². The summed E-state index contributed by atoms with van der Waals surface area (Å²) in [5.74, 6) is 0.228. The van der Waals surface area contributed by atoms with Crippen molar-refractivity contribution in [3.8, 4) is 0 Å². The van der Waals surface area contributed by atoms with Gasteiger partial charge in [0.25, 0.3) is 0 Å². The van der Waals surface area contributed by atoms with Crippen molar-refractivity contribution in [2.45, 2.75) is 30.3 Å². The van der Waals surface area contributed by atoms with Crippen LogP contribution in [0.5, 0.6) is 0 Å². The molecule has 0 aromatic carbocycles. The van der Waals surface area contributed by atoms with E-state index in [2.05, 4.69) is 15.3 Å². The van der Waals surface area contributed by atoms with Gasteiger partial charge in [-0.05, 0) is 18.4 Å². The summed E-state index contributed by atoms with van der Waals surface area (Å²) in [7, 11) is 1.56. The number of rotatable bonds is 2. The number of hydrogen-bond donors (Lipinski definition) is 1. The van der Waals surface area contributed by atoms with Gasteiger partial charge in [-0.1, -0.05) is 5.11 Å². The third-order valence-electron chi connectivity index (χ3n) is 3.06. The Balaban J connectivity index is 2.20. The Hall–Kier alpha value is -1.40. The van der Waals surface area contributed by atoms with Crippen LogP contribution in [0.3, 0.4) is 0 Å². The fraction of sp³-hybridized carbons (Fsp3) is 0.778. The number of fused-ring (bicyclic) bond motifs is 1. The second kappa shape index (κ2) is 4.85. The van der Waals surface area contributed by atoms with Gasteiger partial charge in [0.1, 0.15) is 12.1 Å². The summed E-state index contributed by atoms with van der Waals surface area (Å²) >= 11 is 1.61. The van der Waals surface area contributed by atoms with Crippen molar-refractivity contribution in [2.75, 3.05) is 12.8 Å². The molecule has 8 heteroatoms. The van der Waals surface area contributed by atoms with Gasteiger partial charge >= 0.3 is 0 Å². The van der Waals surface area contributed by atoms with Crippen LogP contribution in [-0.2, 0) is 9.59 Å². The highest BCUT2D eigenvalue weighted by Gasteiger charge is 2.45. The number of piperidine rings is 1. The summed E-state index contributed by atoms with van der Waals surface area (Å²) in [6.45, 7) is 0. The number of carbonyl (C=O) groups excluding carboxylic acids is 2. The fourth-order valence-corrected chi connectivity index (χ4v) is 3.65. The van der Waals surface area contributed by atoms with E-state index >= 15 is 0 Å². The van der Waals surface area contributed by atoms with Crippen LogP contribution >= 0.6 is 11.8 Å². The first-order chi connectivity index (χ1) is 8.19. The second-order valence-electron chi connectivity index (χ2n) is 3.96. The lowest BCUT2D eigenvalue weighted by Gasteiger charge is -2.34. The molecule has 2 aliphatic rings. The summed E-state index contributed by atoms with van der Waals surface area (Å²) in [4.78, 5) is 28.0. The van der Waals surface area contributed by atoms with Crippen LogP contribution in [0, 0.1) is 0 Å². The lowest BCUT2D eigenvalue weighted by Crippen LogP contribution is -2.54. The smallest absolute Gasteiger partial charge is 0.243 e. The van der Waals surface area contributed by atoms with E-state index in [1.54, 1.807) is 23.7 Å². The van der Waals surface area contributed by atoms with Crippen molar-refractivity contribution in [1.82, 2.24) is 10.2 Å². The molecular formula is C9H13N5O2S. The highest BCUT2D eigenvalue weighted by atomic mass is 32.2. The summed E-state index contributed by atoms with van der Waals surface area (Å²) in [5.41, 5.74) is 8.40. The molecule has 0 unspecified atom stereocenters. The van der Waals surface area contributed by atoms with Crippen molar-refractivity contribution in [3.05, 3.63) is 10.4 Å². The SMILES string of the molecule is CNC(=O)[C@@H]1CS[C@H]2CC[C@H](N=[N+]=[N-])C(=O)N21. The van der Waals surface area contributed by atoms with Gasteiger partial charge in [0.15, 0.2) is 0 Å². The summed E-state index contributed by atoms with van der Waals surface area (Å²) in [6.07, 6.45) is 1.34. The predicted octanol–water partition coefficient (Wildman–Crippen LogP) is 0.475. The standard InChI is InChI=1S/C9H13N5O2S/c1-11-8(15)6-4-17-7-3-2-5(12-13-10)9(16)14(6)7/h5-7H,2-4H2,1H3,(H,11,15)/t5-,6-,7-/m0/s1. The quantitative estimate of drug-likeness (QED) is 0.441. The maximum Gasteiger partial charge on any atom is 0.243 e. The van der Waals surface area contributed by atoms with Crippen LogP contribution in [0.1, 0.15) is 12.8 Å². The minimum Gasteiger partial charge on any atom is -0.357 e. The van der Waals surface area contributed by atoms with E-state index in [1.165, 1.54) is 0 Å². The highest BCUT2D eigenvalue weighted by Crippen LogP contribution is 2.37. The first-order valence-electron chi connectivity index (χ1n) is 5.38. The summed E-state index contributed by atoms with van der Waals surface area (Å²) in [6, 6.07) is -1.08. The third-order valence-corrected chi connectivity index (χ3v) is 4.41. The molecule has 0 radical (unpaired) electrons. The Morgan fingerprint density at radius 2 is 2.41 bits per heavy atom. The molecule has 1 N–H and O–H groups in total. The zero-order chi connectivity index (χ0) is 12.4. The van der Waals surface area contributed by atoms with Crippen molar-refractivity contribution in [1.29, 1.82) is 0 Å². The van der Waals surface area contributed by atoms with Crippen LogP contribution < -0.4 is 5.32 Å². The van der Waals surface area contributed by atoms with Gasteiger partial charge in [0.05, 0.1) is 5.37 Å². The Labute approximate surface area is 103 Å². The van der Waals surface area contributed by atoms with Gasteiger partial charge in [-0.2, -0.15) is 0 Å². The van der Waals surface area contributed by atoms with Crippen LogP contribution in [0.4, 0.5) is 0 Å². The molecule has 0 saturated carbocycles. The van der Waals surface area contributed by atoms with Gasteiger partial charge in [0, 0.05) is 17.7 Å². The van der Waals surface area contributed by atoms with Crippen LogP contribution in [-0.4, -0.2) is 47.0 Å². The average molecular weight is 255 g/mol. The Kier molecular flexibility index (Phi) is 3.44. The lowest BCUT2D eigenvalue weighted by molar-refractivity contribution is -0.142. The molecule has 2 saturated heterocycles. The third kappa shape index (κ3) is 2.05. The van der Waals surface area contributed by atoms with Crippen molar-refractivity contribution >= 4 is 23.6 Å².